The smallest absolute Gasteiger partial charge is 0.160 e. The van der Waals surface area contributed by atoms with Crippen LogP contribution in [0.2, 0.25) is 0 Å². The second-order valence-electron chi connectivity index (χ2n) is 4.28. The zero-order valence-electron chi connectivity index (χ0n) is 8.45. The Hall–Kier alpha value is -1.45. The molecule has 0 N–H and O–H groups in total. The molecule has 0 aliphatic heterocycles. The van der Waals surface area contributed by atoms with Crippen molar-refractivity contribution < 1.29 is 4.39 Å². The van der Waals surface area contributed by atoms with Gasteiger partial charge >= 0.3 is 0 Å². The highest BCUT2D eigenvalue weighted by atomic mass is 19.1. The van der Waals surface area contributed by atoms with Gasteiger partial charge in [0.15, 0.2) is 5.65 Å². The summed E-state index contributed by atoms with van der Waals surface area (Å²) >= 11 is 0. The van der Waals surface area contributed by atoms with Gasteiger partial charge in [-0.25, -0.2) is 14.4 Å². The molecule has 0 spiro atoms. The molecular formula is C10H12FN3. The van der Waals surface area contributed by atoms with Gasteiger partial charge in [0, 0.05) is 11.6 Å². The molecule has 0 saturated heterocycles. The standard InChI is InChI=1S/C10H12FN3/c1-10(2,3)14-6-13-8-4-7(11)5-12-9(8)14/h4-6H,1-3H3. The summed E-state index contributed by atoms with van der Waals surface area (Å²) < 4.78 is 14.8. The van der Waals surface area contributed by atoms with Crippen molar-refractivity contribution in [2.75, 3.05) is 0 Å². The van der Waals surface area contributed by atoms with E-state index in [1.165, 1.54) is 12.3 Å². The normalized spacial score (nSPS) is 12.3. The van der Waals surface area contributed by atoms with Crippen LogP contribution in [0.5, 0.6) is 0 Å². The number of hydrogen-bond donors (Lipinski definition) is 0. The topological polar surface area (TPSA) is 30.7 Å². The minimum atomic E-state index is -0.350. The maximum atomic E-state index is 12.8. The number of nitrogens with zero attached hydrogens (tertiary/aromatic N) is 3. The van der Waals surface area contributed by atoms with Gasteiger partial charge in [0.2, 0.25) is 0 Å². The molecule has 2 aromatic rings. The van der Waals surface area contributed by atoms with Crippen molar-refractivity contribution >= 4 is 11.2 Å². The fourth-order valence-electron chi connectivity index (χ4n) is 1.37. The van der Waals surface area contributed by atoms with E-state index in [0.717, 1.165) is 5.65 Å². The summed E-state index contributed by atoms with van der Waals surface area (Å²) in [6, 6.07) is 1.39. The maximum absolute atomic E-state index is 12.8. The molecule has 14 heavy (non-hydrogen) atoms. The first-order valence-corrected chi connectivity index (χ1v) is 4.47. The van der Waals surface area contributed by atoms with E-state index in [1.807, 2.05) is 4.57 Å². The molecule has 0 unspecified atom stereocenters. The molecule has 0 atom stereocenters. The summed E-state index contributed by atoms with van der Waals surface area (Å²) in [6.45, 7) is 6.16. The molecule has 0 aromatic carbocycles. The Kier molecular flexibility index (Phi) is 1.80. The summed E-state index contributed by atoms with van der Waals surface area (Å²) in [5, 5.41) is 0. The van der Waals surface area contributed by atoms with Crippen LogP contribution >= 0.6 is 0 Å². The molecule has 2 aromatic heterocycles. The van der Waals surface area contributed by atoms with Gasteiger partial charge in [0.25, 0.3) is 0 Å². The van der Waals surface area contributed by atoms with Crippen LogP contribution in [-0.2, 0) is 5.54 Å². The van der Waals surface area contributed by atoms with Crippen molar-refractivity contribution in [1.29, 1.82) is 0 Å². The molecule has 0 aliphatic rings. The van der Waals surface area contributed by atoms with E-state index < -0.39 is 0 Å². The average molecular weight is 193 g/mol. The van der Waals surface area contributed by atoms with E-state index in [-0.39, 0.29) is 11.4 Å². The second-order valence-corrected chi connectivity index (χ2v) is 4.28. The lowest BCUT2D eigenvalue weighted by atomic mass is 10.1. The highest BCUT2D eigenvalue weighted by Gasteiger charge is 2.16. The fraction of sp³-hybridized carbons (Fsp3) is 0.400. The molecule has 0 amide bonds. The van der Waals surface area contributed by atoms with Crippen molar-refractivity contribution in [3.05, 3.63) is 24.4 Å². The highest BCUT2D eigenvalue weighted by Crippen LogP contribution is 2.20. The maximum Gasteiger partial charge on any atom is 0.160 e. The number of imidazole rings is 1. The molecule has 0 fully saturated rings. The van der Waals surface area contributed by atoms with E-state index in [2.05, 4.69) is 30.7 Å². The van der Waals surface area contributed by atoms with E-state index in [4.69, 9.17) is 0 Å². The van der Waals surface area contributed by atoms with Crippen molar-refractivity contribution in [3.8, 4) is 0 Å². The third-order valence-electron chi connectivity index (χ3n) is 2.08. The van der Waals surface area contributed by atoms with E-state index in [1.54, 1.807) is 6.33 Å². The Labute approximate surface area is 81.6 Å². The van der Waals surface area contributed by atoms with Crippen molar-refractivity contribution in [2.45, 2.75) is 26.3 Å². The van der Waals surface area contributed by atoms with E-state index in [9.17, 15) is 4.39 Å². The molecule has 0 saturated carbocycles. The van der Waals surface area contributed by atoms with Gasteiger partial charge in [-0.1, -0.05) is 0 Å². The summed E-state index contributed by atoms with van der Waals surface area (Å²) in [6.07, 6.45) is 2.91. The minimum Gasteiger partial charge on any atom is -0.310 e. The number of hydrogen-bond acceptors (Lipinski definition) is 2. The van der Waals surface area contributed by atoms with Crippen molar-refractivity contribution in [3.63, 3.8) is 0 Å². The predicted molar refractivity (Wildman–Crippen MR) is 52.5 cm³/mol. The van der Waals surface area contributed by atoms with Crippen molar-refractivity contribution in [1.82, 2.24) is 14.5 Å². The van der Waals surface area contributed by atoms with Crippen LogP contribution in [0, 0.1) is 5.82 Å². The monoisotopic (exact) mass is 193 g/mol. The lowest BCUT2D eigenvalue weighted by Gasteiger charge is -2.20. The number of rotatable bonds is 0. The molecule has 0 aliphatic carbocycles. The van der Waals surface area contributed by atoms with Gasteiger partial charge in [-0.3, -0.25) is 0 Å². The van der Waals surface area contributed by atoms with Gasteiger partial charge in [-0.05, 0) is 20.8 Å². The zero-order chi connectivity index (χ0) is 10.3. The lowest BCUT2D eigenvalue weighted by molar-refractivity contribution is 0.406. The summed E-state index contributed by atoms with van der Waals surface area (Å²) in [4.78, 5) is 8.14. The van der Waals surface area contributed by atoms with Crippen molar-refractivity contribution in [2.24, 2.45) is 0 Å². The number of aromatic nitrogens is 3. The minimum absolute atomic E-state index is 0.0838. The Morgan fingerprint density at radius 1 is 1.29 bits per heavy atom. The molecule has 2 rings (SSSR count). The Balaban J connectivity index is 2.70. The summed E-state index contributed by atoms with van der Waals surface area (Å²) in [5.41, 5.74) is 1.23. The quantitative estimate of drug-likeness (QED) is 0.642. The molecule has 0 radical (unpaired) electrons. The fourth-order valence-corrected chi connectivity index (χ4v) is 1.37. The summed E-state index contributed by atoms with van der Waals surface area (Å²) in [7, 11) is 0. The Morgan fingerprint density at radius 2 is 2.00 bits per heavy atom. The lowest BCUT2D eigenvalue weighted by Crippen LogP contribution is -2.20. The summed E-state index contributed by atoms with van der Waals surface area (Å²) in [5.74, 6) is -0.350. The van der Waals surface area contributed by atoms with Crippen LogP contribution in [0.4, 0.5) is 4.39 Å². The zero-order valence-corrected chi connectivity index (χ0v) is 8.45. The van der Waals surface area contributed by atoms with Crippen LogP contribution in [0.25, 0.3) is 11.2 Å². The number of fused-ring (bicyclic) bond motifs is 1. The molecule has 4 heteroatoms. The first kappa shape index (κ1) is 9.12. The first-order chi connectivity index (χ1) is 6.48. The van der Waals surface area contributed by atoms with Gasteiger partial charge in [-0.15, -0.1) is 0 Å². The Bertz CT molecular complexity index is 468. The molecule has 2 heterocycles. The average Bonchev–Trinajstić information content (AvgIpc) is 2.45. The molecular weight excluding hydrogens is 181 g/mol. The number of halogens is 1. The largest absolute Gasteiger partial charge is 0.310 e. The third kappa shape index (κ3) is 1.36. The first-order valence-electron chi connectivity index (χ1n) is 4.47. The molecule has 3 nitrogen and oxygen atoms in total. The van der Waals surface area contributed by atoms with Gasteiger partial charge in [0.05, 0.1) is 12.5 Å². The second kappa shape index (κ2) is 2.77. The van der Waals surface area contributed by atoms with Gasteiger partial charge < -0.3 is 4.57 Å². The highest BCUT2D eigenvalue weighted by molar-refractivity contribution is 5.70. The Morgan fingerprint density at radius 3 is 2.64 bits per heavy atom. The molecule has 0 bridgehead atoms. The van der Waals surface area contributed by atoms with E-state index >= 15 is 0 Å². The van der Waals surface area contributed by atoms with Crippen LogP contribution < -0.4 is 0 Å². The number of pyridine rings is 1. The van der Waals surface area contributed by atoms with E-state index in [0.29, 0.717) is 5.52 Å². The van der Waals surface area contributed by atoms with Crippen LogP contribution in [0.15, 0.2) is 18.6 Å². The van der Waals surface area contributed by atoms with Crippen LogP contribution in [0.1, 0.15) is 20.8 Å². The SMILES string of the molecule is CC(C)(C)n1cnc2cc(F)cnc21. The van der Waals surface area contributed by atoms with Crippen LogP contribution in [0.3, 0.4) is 0 Å². The predicted octanol–water partition coefficient (Wildman–Crippen LogP) is 2.33. The third-order valence-corrected chi connectivity index (χ3v) is 2.08. The van der Waals surface area contributed by atoms with Crippen LogP contribution in [-0.4, -0.2) is 14.5 Å². The van der Waals surface area contributed by atoms with Gasteiger partial charge in [0.1, 0.15) is 11.3 Å². The van der Waals surface area contributed by atoms with Gasteiger partial charge in [-0.2, -0.15) is 0 Å². The molecule has 74 valence electrons.